The number of aromatic nitrogens is 14. The monoisotopic (exact) mass is 980 g/mol. The van der Waals surface area contributed by atoms with Crippen molar-refractivity contribution in [1.82, 2.24) is 74.7 Å². The van der Waals surface area contributed by atoms with Crippen LogP contribution in [0.1, 0.15) is 204 Å². The molecule has 402 valence electrons. The number of para-hydroxylation sites is 1. The maximum absolute atomic E-state index is 5.21. The van der Waals surface area contributed by atoms with E-state index in [4.69, 9.17) is 4.74 Å². The van der Waals surface area contributed by atoms with Gasteiger partial charge in [-0.2, -0.15) is 35.1 Å². The molecule has 8 rings (SSSR count). The van der Waals surface area contributed by atoms with E-state index in [0.29, 0.717) is 36.3 Å². The average Bonchev–Trinajstić information content (AvgIpc) is 4.26. The van der Waals surface area contributed by atoms with Gasteiger partial charge in [-0.15, -0.1) is 10.2 Å². The molecule has 1 saturated heterocycles. The summed E-state index contributed by atoms with van der Waals surface area (Å²) in [6.07, 6.45) is 10.6. The van der Waals surface area contributed by atoms with Crippen LogP contribution < -0.4 is 0 Å². The minimum absolute atomic E-state index is 0. The van der Waals surface area contributed by atoms with Crippen molar-refractivity contribution >= 4 is 22.1 Å². The van der Waals surface area contributed by atoms with Gasteiger partial charge in [0.2, 0.25) is 0 Å². The van der Waals surface area contributed by atoms with Gasteiger partial charge < -0.3 is 4.74 Å². The molecule has 5 aromatic heterocycles. The highest BCUT2D eigenvalue weighted by molar-refractivity contribution is 5.74. The summed E-state index contributed by atoms with van der Waals surface area (Å²) in [5.74, 6) is 0. The molecule has 0 unspecified atom stereocenters. The minimum atomic E-state index is 0. The van der Waals surface area contributed by atoms with Gasteiger partial charge in [0.15, 0.2) is 0 Å². The van der Waals surface area contributed by atoms with Crippen LogP contribution in [0.15, 0.2) is 91.8 Å². The number of hydrogen-bond donors (Lipinski definition) is 0. The molecule has 16 nitrogen and oxygen atoms in total. The van der Waals surface area contributed by atoms with Crippen LogP contribution >= 0.6 is 0 Å². The number of ether oxygens (including phenoxy) is 1. The molecule has 1 fully saturated rings. The number of hydrogen-bond acceptors (Lipinski definition) is 11. The predicted molar refractivity (Wildman–Crippen MR) is 302 cm³/mol. The fourth-order valence-electron chi connectivity index (χ4n) is 5.04. The Kier molecular flexibility index (Phi) is 51.2. The molecular weight excluding hydrogens is 875 g/mol. The van der Waals surface area contributed by atoms with Crippen molar-refractivity contribution in [3.8, 4) is 0 Å². The first kappa shape index (κ1) is 73.6. The third kappa shape index (κ3) is 31.7. The number of nitrogens with zero attached hydrogens (tertiary/aromatic N) is 15. The third-order valence-electron chi connectivity index (χ3n) is 8.33. The van der Waals surface area contributed by atoms with Gasteiger partial charge in [-0.25, -0.2) is 4.68 Å². The van der Waals surface area contributed by atoms with E-state index in [1.165, 1.54) is 0 Å². The predicted octanol–water partition coefficient (Wildman–Crippen LogP) is 14.7. The lowest BCUT2D eigenvalue weighted by Gasteiger charge is -2.29. The van der Waals surface area contributed by atoms with Crippen LogP contribution in [0.2, 0.25) is 0 Å². The van der Waals surface area contributed by atoms with E-state index in [1.54, 1.807) is 39.1 Å². The van der Waals surface area contributed by atoms with Crippen LogP contribution in [0.4, 0.5) is 0 Å². The zero-order valence-corrected chi connectivity index (χ0v) is 48.1. The van der Waals surface area contributed by atoms with Crippen molar-refractivity contribution in [2.24, 2.45) is 0 Å². The van der Waals surface area contributed by atoms with Gasteiger partial charge in [0, 0.05) is 55.8 Å². The van der Waals surface area contributed by atoms with E-state index in [9.17, 15) is 0 Å². The van der Waals surface area contributed by atoms with Crippen molar-refractivity contribution in [3.05, 3.63) is 91.8 Å². The minimum Gasteiger partial charge on any atom is -0.379 e. The van der Waals surface area contributed by atoms with Crippen molar-refractivity contribution < 1.29 is 4.74 Å². The van der Waals surface area contributed by atoms with Crippen LogP contribution in [-0.2, 0) is 4.74 Å². The van der Waals surface area contributed by atoms with Crippen molar-refractivity contribution in [3.63, 3.8) is 0 Å². The molecule has 0 bridgehead atoms. The molecule has 2 aromatic carbocycles. The molecule has 0 aliphatic carbocycles. The Morgan fingerprint density at radius 3 is 1.20 bits per heavy atom. The zero-order valence-electron chi connectivity index (χ0n) is 48.1. The zero-order chi connectivity index (χ0) is 53.7. The molecule has 6 heterocycles. The Balaban J connectivity index is -0.000000232. The van der Waals surface area contributed by atoms with Crippen LogP contribution in [-0.4, -0.2) is 107 Å². The number of fused-ring (bicyclic) bond motifs is 2. The normalized spacial score (nSPS) is 10.9. The second kappa shape index (κ2) is 48.7. The van der Waals surface area contributed by atoms with Gasteiger partial charge in [0.05, 0.1) is 49.4 Å². The van der Waals surface area contributed by atoms with Crippen molar-refractivity contribution in [2.75, 3.05) is 26.3 Å². The highest BCUT2D eigenvalue weighted by atomic mass is 16.5. The van der Waals surface area contributed by atoms with Gasteiger partial charge in [-0.3, -0.25) is 14.3 Å². The summed E-state index contributed by atoms with van der Waals surface area (Å²) in [6.45, 7) is 53.3. The molecule has 1 aliphatic heterocycles. The summed E-state index contributed by atoms with van der Waals surface area (Å²) in [7, 11) is 0. The van der Waals surface area contributed by atoms with Crippen LogP contribution in [0, 0.1) is 0 Å². The summed E-state index contributed by atoms with van der Waals surface area (Å²) in [4.78, 5) is 5.84. The van der Waals surface area contributed by atoms with Crippen LogP contribution in [0.3, 0.4) is 0 Å². The second-order valence-corrected chi connectivity index (χ2v) is 15.0. The topological polar surface area (TPSA) is 153 Å². The Bertz CT molecular complexity index is 1880. The highest BCUT2D eigenvalue weighted by Crippen LogP contribution is 2.14. The fraction of sp³-hybridized carbons (Fsp3) is 0.648. The lowest BCUT2D eigenvalue weighted by Crippen LogP contribution is -2.40. The fourth-order valence-corrected chi connectivity index (χ4v) is 5.04. The summed E-state index contributed by atoms with van der Waals surface area (Å²) in [5, 5.41) is 36.1. The van der Waals surface area contributed by atoms with E-state index < -0.39 is 0 Å². The quantitative estimate of drug-likeness (QED) is 0.156. The van der Waals surface area contributed by atoms with E-state index >= 15 is 0 Å². The van der Waals surface area contributed by atoms with E-state index in [2.05, 4.69) is 120 Å². The summed E-state index contributed by atoms with van der Waals surface area (Å²) >= 11 is 0. The maximum atomic E-state index is 5.21. The molecule has 0 N–H and O–H groups in total. The standard InChI is InChI=1S/2C9H11N3.C7H15NO.C6H10N2.2C5H9N3.6C2H6.CH4/c1-7(2)12-9-6-4-3-5-8(9)10-11-12;1-7(2)12-10-8-5-3-4-6-9(8)11-12;1-7(2)8-3-5-9-6-4-8;1-6(2)8-5-3-4-7-8;1-5(2)8-4-3-6-7-8;1-5(2)8-6-3-4-7-8;6*1-2;/h2*3-7H,1-2H3;7H,3-6H2,1-2H3;3-6H,1-2H3;2*3-5H,1-2H3;6*1-2H3;1H4. The van der Waals surface area contributed by atoms with Gasteiger partial charge in [0.1, 0.15) is 16.6 Å². The van der Waals surface area contributed by atoms with Gasteiger partial charge in [-0.1, -0.05) is 125 Å². The van der Waals surface area contributed by atoms with E-state index in [1.807, 2.05) is 173 Å². The van der Waals surface area contributed by atoms with Crippen LogP contribution in [0.25, 0.3) is 22.1 Å². The molecule has 0 spiro atoms. The maximum Gasteiger partial charge on any atom is 0.113 e. The molecule has 0 atom stereocenters. The van der Waals surface area contributed by atoms with E-state index in [0.717, 1.165) is 48.4 Å². The molecule has 0 amide bonds. The molecular formula is C54H105N15O. The number of benzene rings is 2. The average molecular weight is 981 g/mol. The lowest BCUT2D eigenvalue weighted by molar-refractivity contribution is 0.0238. The lowest BCUT2D eigenvalue weighted by atomic mass is 10.3. The largest absolute Gasteiger partial charge is 0.379 e. The smallest absolute Gasteiger partial charge is 0.113 e. The molecule has 0 saturated carbocycles. The Hall–Kier alpha value is -5.35. The highest BCUT2D eigenvalue weighted by Gasteiger charge is 2.12. The first-order valence-electron chi connectivity index (χ1n) is 25.9. The van der Waals surface area contributed by atoms with Crippen LogP contribution in [0.5, 0.6) is 0 Å². The third-order valence-corrected chi connectivity index (χ3v) is 8.33. The van der Waals surface area contributed by atoms with Crippen molar-refractivity contribution in [1.29, 1.82) is 0 Å². The first-order chi connectivity index (χ1) is 33.3. The molecule has 16 heteroatoms. The Morgan fingerprint density at radius 2 is 0.886 bits per heavy atom. The molecule has 70 heavy (non-hydrogen) atoms. The van der Waals surface area contributed by atoms with Gasteiger partial charge in [0.25, 0.3) is 0 Å². The van der Waals surface area contributed by atoms with Gasteiger partial charge in [-0.05, 0) is 113 Å². The van der Waals surface area contributed by atoms with Crippen molar-refractivity contribution in [2.45, 2.75) is 210 Å². The summed E-state index contributed by atoms with van der Waals surface area (Å²) in [6, 6.07) is 20.5. The SMILES string of the molecule is C.CC.CC.CC.CC.CC.CC.CC(C)N1CCOCC1.CC(C)n1cccn1.CC(C)n1ccnn1.CC(C)n1nc2ccccc2n1.CC(C)n1nccn1.CC(C)n1nnc2ccccc21. The number of morpholine rings is 1. The second-order valence-electron chi connectivity index (χ2n) is 15.0. The summed E-state index contributed by atoms with van der Waals surface area (Å²) in [5.41, 5.74) is 4.00. The summed E-state index contributed by atoms with van der Waals surface area (Å²) < 4.78 is 10.9. The Morgan fingerprint density at radius 1 is 0.429 bits per heavy atom. The number of rotatable bonds is 6. The van der Waals surface area contributed by atoms with E-state index in [-0.39, 0.29) is 7.43 Å². The van der Waals surface area contributed by atoms with Gasteiger partial charge >= 0.3 is 0 Å². The molecule has 0 radical (unpaired) electrons. The Labute approximate surface area is 428 Å². The molecule has 1 aliphatic rings. The molecule has 7 aromatic rings. The first-order valence-corrected chi connectivity index (χ1v) is 25.9.